The van der Waals surface area contributed by atoms with Crippen LogP contribution in [0.3, 0.4) is 0 Å². The van der Waals surface area contributed by atoms with Crippen LogP contribution >= 0.6 is 22.6 Å². The molecule has 2 aromatic rings. The predicted molar refractivity (Wildman–Crippen MR) is 116 cm³/mol. The zero-order valence-corrected chi connectivity index (χ0v) is 17.6. The number of nitrogens with zero attached hydrogens (tertiary/aromatic N) is 1. The molecule has 1 atom stereocenters. The lowest BCUT2D eigenvalue weighted by Crippen LogP contribution is -2.45. The minimum atomic E-state index is -0.834. The van der Waals surface area contributed by atoms with Gasteiger partial charge in [0, 0.05) is 10.1 Å². The van der Waals surface area contributed by atoms with Gasteiger partial charge in [-0.25, -0.2) is 0 Å². The van der Waals surface area contributed by atoms with Gasteiger partial charge in [0.1, 0.15) is 18.0 Å². The lowest BCUT2D eigenvalue weighted by molar-refractivity contribution is -0.0168. The van der Waals surface area contributed by atoms with Crippen molar-refractivity contribution < 1.29 is 9.84 Å². The van der Waals surface area contributed by atoms with Crippen molar-refractivity contribution in [2.75, 3.05) is 26.2 Å². The summed E-state index contributed by atoms with van der Waals surface area (Å²) in [6, 6.07) is 16.6. The van der Waals surface area contributed by atoms with Crippen molar-refractivity contribution >= 4 is 22.6 Å². The predicted octanol–water partition coefficient (Wildman–Crippen LogP) is 4.96. The summed E-state index contributed by atoms with van der Waals surface area (Å²) in [5.41, 5.74) is 1.54. The summed E-state index contributed by atoms with van der Waals surface area (Å²) in [6.45, 7) is 5.03. The number of aliphatic hydroxyl groups is 1. The van der Waals surface area contributed by atoms with Crippen LogP contribution in [0.1, 0.15) is 32.6 Å². The molecule has 0 saturated carbocycles. The highest BCUT2D eigenvalue weighted by molar-refractivity contribution is 14.1. The molecule has 3 nitrogen and oxygen atoms in total. The van der Waals surface area contributed by atoms with Crippen LogP contribution in [0.25, 0.3) is 11.1 Å². The Morgan fingerprint density at radius 1 is 0.923 bits per heavy atom. The summed E-state index contributed by atoms with van der Waals surface area (Å²) >= 11 is 2.31. The van der Waals surface area contributed by atoms with E-state index in [1.807, 2.05) is 19.1 Å². The molecule has 2 aromatic carbocycles. The molecule has 1 aliphatic heterocycles. The number of hydrogen-bond acceptors (Lipinski definition) is 3. The maximum Gasteiger partial charge on any atom is 0.119 e. The Balaban J connectivity index is 1.54. The van der Waals surface area contributed by atoms with Gasteiger partial charge in [-0.2, -0.15) is 0 Å². The number of β-amino-alcohol motifs (C(OH)–C–C–N with tert-alkyl or cyclic N) is 1. The first kappa shape index (κ1) is 19.6. The van der Waals surface area contributed by atoms with Crippen molar-refractivity contribution in [2.24, 2.45) is 0 Å². The Kier molecular flexibility index (Phi) is 6.95. The van der Waals surface area contributed by atoms with E-state index in [9.17, 15) is 5.11 Å². The summed E-state index contributed by atoms with van der Waals surface area (Å²) in [5.74, 6) is 0.801. The fourth-order valence-corrected chi connectivity index (χ4v) is 3.81. The Morgan fingerprint density at radius 3 is 2.04 bits per heavy atom. The smallest absolute Gasteiger partial charge is 0.119 e. The molecule has 0 spiro atoms. The van der Waals surface area contributed by atoms with Gasteiger partial charge in [0.2, 0.25) is 0 Å². The van der Waals surface area contributed by atoms with Gasteiger partial charge in [-0.3, -0.25) is 0 Å². The van der Waals surface area contributed by atoms with Gasteiger partial charge in [0.25, 0.3) is 0 Å². The van der Waals surface area contributed by atoms with Crippen LogP contribution in [0.2, 0.25) is 0 Å². The highest BCUT2D eigenvalue weighted by atomic mass is 127. The van der Waals surface area contributed by atoms with E-state index in [1.54, 1.807) is 0 Å². The van der Waals surface area contributed by atoms with Crippen molar-refractivity contribution in [3.05, 3.63) is 52.1 Å². The number of ether oxygens (including phenoxy) is 1. The molecule has 140 valence electrons. The van der Waals surface area contributed by atoms with Crippen LogP contribution in [0.15, 0.2) is 48.5 Å². The van der Waals surface area contributed by atoms with E-state index in [1.165, 1.54) is 40.4 Å². The van der Waals surface area contributed by atoms with Crippen LogP contribution < -0.4 is 4.74 Å². The van der Waals surface area contributed by atoms with Crippen LogP contribution in [0, 0.1) is 3.57 Å². The van der Waals surface area contributed by atoms with Gasteiger partial charge >= 0.3 is 0 Å². The first-order chi connectivity index (χ1) is 12.5. The molecule has 26 heavy (non-hydrogen) atoms. The average Bonchev–Trinajstić information content (AvgIpc) is 2.89. The van der Waals surface area contributed by atoms with Gasteiger partial charge in [-0.05, 0) is 90.8 Å². The number of halogens is 1. The first-order valence-corrected chi connectivity index (χ1v) is 10.5. The minimum absolute atomic E-state index is 0.312. The van der Waals surface area contributed by atoms with Crippen LogP contribution in [-0.2, 0) is 0 Å². The summed E-state index contributed by atoms with van der Waals surface area (Å²) in [5, 5.41) is 10.7. The average molecular weight is 465 g/mol. The van der Waals surface area contributed by atoms with Crippen LogP contribution in [-0.4, -0.2) is 41.8 Å². The maximum atomic E-state index is 10.7. The van der Waals surface area contributed by atoms with E-state index in [-0.39, 0.29) is 0 Å². The second-order valence-corrected chi connectivity index (χ2v) is 8.75. The van der Waals surface area contributed by atoms with E-state index in [0.29, 0.717) is 13.2 Å². The topological polar surface area (TPSA) is 32.7 Å². The van der Waals surface area contributed by atoms with Crippen LogP contribution in [0.5, 0.6) is 5.75 Å². The fraction of sp³-hybridized carbons (Fsp3) is 0.455. The van der Waals surface area contributed by atoms with Crippen molar-refractivity contribution in [2.45, 2.75) is 38.2 Å². The molecule has 4 heteroatoms. The highest BCUT2D eigenvalue weighted by Gasteiger charge is 2.25. The van der Waals surface area contributed by atoms with E-state index >= 15 is 0 Å². The fourth-order valence-electron chi connectivity index (χ4n) is 3.45. The monoisotopic (exact) mass is 465 g/mol. The molecule has 3 rings (SSSR count). The number of hydrogen-bond donors (Lipinski definition) is 1. The Morgan fingerprint density at radius 2 is 1.46 bits per heavy atom. The van der Waals surface area contributed by atoms with Gasteiger partial charge in [0.05, 0.1) is 0 Å². The molecule has 0 aliphatic carbocycles. The third-order valence-electron chi connectivity index (χ3n) is 4.84. The standard InChI is InChI=1S/C22H28INO2/c1-22(25,16-24-14-4-2-3-5-15-24)17-26-21-12-8-19(9-13-21)18-6-10-20(23)11-7-18/h6-13,25H,2-5,14-17H2,1H3. The van der Waals surface area contributed by atoms with Crippen molar-refractivity contribution in [3.8, 4) is 16.9 Å². The molecule has 0 bridgehead atoms. The minimum Gasteiger partial charge on any atom is -0.491 e. The Bertz CT molecular complexity index is 674. The molecule has 1 fully saturated rings. The zero-order valence-electron chi connectivity index (χ0n) is 15.5. The highest BCUT2D eigenvalue weighted by Crippen LogP contribution is 2.24. The molecule has 0 aromatic heterocycles. The third-order valence-corrected chi connectivity index (χ3v) is 5.56. The molecule has 0 amide bonds. The Hall–Kier alpha value is -1.11. The largest absolute Gasteiger partial charge is 0.491 e. The quantitative estimate of drug-likeness (QED) is 0.612. The molecule has 1 heterocycles. The second kappa shape index (κ2) is 9.20. The van der Waals surface area contributed by atoms with Crippen molar-refractivity contribution in [1.82, 2.24) is 4.90 Å². The molecule has 1 aliphatic rings. The summed E-state index contributed by atoms with van der Waals surface area (Å²) < 4.78 is 7.11. The van der Waals surface area contributed by atoms with Crippen molar-refractivity contribution in [1.29, 1.82) is 0 Å². The Labute approximate surface area is 170 Å². The summed E-state index contributed by atoms with van der Waals surface area (Å²) in [4.78, 5) is 2.37. The lowest BCUT2D eigenvalue weighted by Gasteiger charge is -2.30. The zero-order chi connectivity index (χ0) is 18.4. The normalized spacial score (nSPS) is 18.1. The maximum absolute atomic E-state index is 10.7. The number of likely N-dealkylation sites (tertiary alicyclic amines) is 1. The van der Waals surface area contributed by atoms with Crippen molar-refractivity contribution in [3.63, 3.8) is 0 Å². The molecule has 1 unspecified atom stereocenters. The van der Waals surface area contributed by atoms with E-state index in [0.717, 1.165) is 18.8 Å². The molecule has 1 N–H and O–H groups in total. The van der Waals surface area contributed by atoms with Gasteiger partial charge in [0.15, 0.2) is 0 Å². The first-order valence-electron chi connectivity index (χ1n) is 9.45. The molecule has 0 radical (unpaired) electrons. The molecular formula is C22H28INO2. The second-order valence-electron chi connectivity index (χ2n) is 7.51. The van der Waals surface area contributed by atoms with Crippen LogP contribution in [0.4, 0.5) is 0 Å². The van der Waals surface area contributed by atoms with Gasteiger partial charge in [-0.1, -0.05) is 37.1 Å². The number of rotatable bonds is 6. The summed E-state index contributed by atoms with van der Waals surface area (Å²) in [7, 11) is 0. The molecule has 1 saturated heterocycles. The lowest BCUT2D eigenvalue weighted by atomic mass is 10.1. The number of benzene rings is 2. The van der Waals surface area contributed by atoms with E-state index < -0.39 is 5.60 Å². The third kappa shape index (κ3) is 5.96. The summed E-state index contributed by atoms with van der Waals surface area (Å²) in [6.07, 6.45) is 5.08. The van der Waals surface area contributed by atoms with Gasteiger partial charge in [-0.15, -0.1) is 0 Å². The van der Waals surface area contributed by atoms with Gasteiger partial charge < -0.3 is 14.7 Å². The van der Waals surface area contributed by atoms with E-state index in [2.05, 4.69) is 63.9 Å². The van der Waals surface area contributed by atoms with E-state index in [4.69, 9.17) is 4.74 Å². The molecular weight excluding hydrogens is 437 g/mol. The SMILES string of the molecule is CC(O)(COc1ccc(-c2ccc(I)cc2)cc1)CN1CCCCCC1.